The molecule has 112 valence electrons. The Bertz CT molecular complexity index is 841. The maximum atomic E-state index is 11.6. The summed E-state index contributed by atoms with van der Waals surface area (Å²) in [4.78, 5) is 26.7. The van der Waals surface area contributed by atoms with Crippen LogP contribution in [0.15, 0.2) is 47.5 Å². The lowest BCUT2D eigenvalue weighted by atomic mass is 9.96. The number of hydrogen-bond donors (Lipinski definition) is 2. The van der Waals surface area contributed by atoms with Gasteiger partial charge in [-0.25, -0.2) is 4.98 Å². The number of aromatic nitrogens is 4. The van der Waals surface area contributed by atoms with E-state index in [1.54, 1.807) is 18.5 Å². The van der Waals surface area contributed by atoms with Gasteiger partial charge in [0.1, 0.15) is 11.5 Å². The molecule has 0 amide bonds. The Hall–Kier alpha value is -2.69. The second-order valence-electron chi connectivity index (χ2n) is 6.22. The number of H-pyrrole nitrogens is 2. The Morgan fingerprint density at radius 2 is 1.95 bits per heavy atom. The molecule has 0 aromatic carbocycles. The predicted octanol–water partition coefficient (Wildman–Crippen LogP) is 3.12. The van der Waals surface area contributed by atoms with Gasteiger partial charge in [0.05, 0.1) is 11.4 Å². The Balaban J connectivity index is 2.24. The van der Waals surface area contributed by atoms with Crippen molar-refractivity contribution < 1.29 is 0 Å². The first-order chi connectivity index (χ1) is 10.4. The van der Waals surface area contributed by atoms with E-state index < -0.39 is 0 Å². The zero-order valence-electron chi connectivity index (χ0n) is 12.8. The van der Waals surface area contributed by atoms with Gasteiger partial charge < -0.3 is 9.97 Å². The fraction of sp³-hybridized carbons (Fsp3) is 0.235. The molecule has 0 saturated carbocycles. The zero-order valence-corrected chi connectivity index (χ0v) is 12.8. The first kappa shape index (κ1) is 14.3. The van der Waals surface area contributed by atoms with Gasteiger partial charge in [-0.15, -0.1) is 0 Å². The average Bonchev–Trinajstić information content (AvgIpc) is 2.93. The molecule has 0 bridgehead atoms. The summed E-state index contributed by atoms with van der Waals surface area (Å²) in [6.45, 7) is 6.28. The molecule has 2 N–H and O–H groups in total. The van der Waals surface area contributed by atoms with Crippen LogP contribution in [-0.2, 0) is 5.41 Å². The van der Waals surface area contributed by atoms with Crippen molar-refractivity contribution in [2.24, 2.45) is 0 Å². The topological polar surface area (TPSA) is 74.4 Å². The van der Waals surface area contributed by atoms with Gasteiger partial charge in [-0.1, -0.05) is 26.8 Å². The van der Waals surface area contributed by atoms with Crippen LogP contribution in [0.5, 0.6) is 0 Å². The molecule has 0 radical (unpaired) electrons. The van der Waals surface area contributed by atoms with Gasteiger partial charge in [0, 0.05) is 29.4 Å². The summed E-state index contributed by atoms with van der Waals surface area (Å²) in [6, 6.07) is 9.13. The fourth-order valence-corrected chi connectivity index (χ4v) is 2.23. The third kappa shape index (κ3) is 2.70. The van der Waals surface area contributed by atoms with E-state index in [1.165, 1.54) is 0 Å². The molecule has 0 atom stereocenters. The molecular weight excluding hydrogens is 276 g/mol. The molecule has 0 fully saturated rings. The standard InChI is InChI=1S/C17H18N4O/c1-17(2,3)16-20-14(11-7-9-19-13(22)10-11)15(21-16)12-6-4-5-8-18-12/h4-10H,1-3H3,(H,19,22)(H,20,21). The third-order valence-electron chi connectivity index (χ3n) is 3.39. The van der Waals surface area contributed by atoms with Gasteiger partial charge in [0.25, 0.3) is 0 Å². The minimum absolute atomic E-state index is 0.122. The van der Waals surface area contributed by atoms with Crippen LogP contribution in [0, 0.1) is 0 Å². The van der Waals surface area contributed by atoms with Crippen LogP contribution in [0.25, 0.3) is 22.6 Å². The average molecular weight is 294 g/mol. The summed E-state index contributed by atoms with van der Waals surface area (Å²) in [5, 5.41) is 0. The molecule has 5 heteroatoms. The lowest BCUT2D eigenvalue weighted by molar-refractivity contribution is 0.553. The minimum atomic E-state index is -0.142. The Kier molecular flexibility index (Phi) is 3.41. The first-order valence-electron chi connectivity index (χ1n) is 7.16. The molecule has 0 aliphatic heterocycles. The Labute approximate surface area is 128 Å². The molecule has 0 aliphatic rings. The van der Waals surface area contributed by atoms with Crippen molar-refractivity contribution >= 4 is 0 Å². The van der Waals surface area contributed by atoms with Crippen molar-refractivity contribution in [1.29, 1.82) is 0 Å². The predicted molar refractivity (Wildman–Crippen MR) is 86.6 cm³/mol. The highest BCUT2D eigenvalue weighted by atomic mass is 16.1. The van der Waals surface area contributed by atoms with E-state index in [4.69, 9.17) is 4.98 Å². The van der Waals surface area contributed by atoms with Crippen molar-refractivity contribution in [3.8, 4) is 22.6 Å². The molecule has 0 aliphatic carbocycles. The lowest BCUT2D eigenvalue weighted by Gasteiger charge is -2.14. The molecule has 0 unspecified atom stereocenters. The maximum Gasteiger partial charge on any atom is 0.248 e. The normalized spacial score (nSPS) is 11.6. The minimum Gasteiger partial charge on any atom is -0.341 e. The van der Waals surface area contributed by atoms with Crippen LogP contribution in [0.2, 0.25) is 0 Å². The molecule has 5 nitrogen and oxygen atoms in total. The highest BCUT2D eigenvalue weighted by Gasteiger charge is 2.22. The van der Waals surface area contributed by atoms with Crippen LogP contribution < -0.4 is 5.56 Å². The largest absolute Gasteiger partial charge is 0.341 e. The van der Waals surface area contributed by atoms with E-state index in [2.05, 4.69) is 35.7 Å². The summed E-state index contributed by atoms with van der Waals surface area (Å²) >= 11 is 0. The molecule has 3 aromatic heterocycles. The summed E-state index contributed by atoms with van der Waals surface area (Å²) in [6.07, 6.45) is 3.37. The number of nitrogens with zero attached hydrogens (tertiary/aromatic N) is 2. The quantitative estimate of drug-likeness (QED) is 0.762. The molecule has 0 saturated heterocycles. The molecular formula is C17H18N4O. The highest BCUT2D eigenvalue weighted by Crippen LogP contribution is 2.31. The van der Waals surface area contributed by atoms with Crippen LogP contribution in [0.3, 0.4) is 0 Å². The second-order valence-corrected chi connectivity index (χ2v) is 6.22. The third-order valence-corrected chi connectivity index (χ3v) is 3.39. The first-order valence-corrected chi connectivity index (χ1v) is 7.16. The molecule has 3 heterocycles. The van der Waals surface area contributed by atoms with Crippen LogP contribution in [0.1, 0.15) is 26.6 Å². The molecule has 22 heavy (non-hydrogen) atoms. The van der Waals surface area contributed by atoms with E-state index in [0.717, 1.165) is 28.5 Å². The van der Waals surface area contributed by atoms with E-state index >= 15 is 0 Å². The van der Waals surface area contributed by atoms with E-state index in [-0.39, 0.29) is 11.0 Å². The summed E-state index contributed by atoms with van der Waals surface area (Å²) < 4.78 is 0. The summed E-state index contributed by atoms with van der Waals surface area (Å²) in [5.41, 5.74) is 2.89. The van der Waals surface area contributed by atoms with Gasteiger partial charge in [0.2, 0.25) is 5.56 Å². The fourth-order valence-electron chi connectivity index (χ4n) is 2.23. The summed E-state index contributed by atoms with van der Waals surface area (Å²) in [7, 11) is 0. The van der Waals surface area contributed by atoms with E-state index in [0.29, 0.717) is 0 Å². The van der Waals surface area contributed by atoms with Gasteiger partial charge in [-0.2, -0.15) is 0 Å². The van der Waals surface area contributed by atoms with E-state index in [1.807, 2.05) is 24.3 Å². The highest BCUT2D eigenvalue weighted by molar-refractivity contribution is 5.76. The monoisotopic (exact) mass is 294 g/mol. The van der Waals surface area contributed by atoms with Crippen LogP contribution in [-0.4, -0.2) is 19.9 Å². The molecule has 3 rings (SSSR count). The number of imidazole rings is 1. The van der Waals surface area contributed by atoms with Gasteiger partial charge in [-0.3, -0.25) is 9.78 Å². The van der Waals surface area contributed by atoms with Crippen molar-refractivity contribution in [2.75, 3.05) is 0 Å². The maximum absolute atomic E-state index is 11.6. The Morgan fingerprint density at radius 3 is 2.59 bits per heavy atom. The SMILES string of the molecule is CC(C)(C)c1nc(-c2ccccn2)c(-c2cc[nH]c(=O)c2)[nH]1. The van der Waals surface area contributed by atoms with Gasteiger partial charge in [0.15, 0.2) is 0 Å². The lowest BCUT2D eigenvalue weighted by Crippen LogP contribution is -2.13. The van der Waals surface area contributed by atoms with E-state index in [9.17, 15) is 4.79 Å². The van der Waals surface area contributed by atoms with Crippen molar-refractivity contribution in [3.05, 3.63) is 58.9 Å². The van der Waals surface area contributed by atoms with Gasteiger partial charge in [-0.05, 0) is 18.2 Å². The van der Waals surface area contributed by atoms with Crippen molar-refractivity contribution in [3.63, 3.8) is 0 Å². The van der Waals surface area contributed by atoms with Crippen molar-refractivity contribution in [2.45, 2.75) is 26.2 Å². The second kappa shape index (κ2) is 5.26. The zero-order chi connectivity index (χ0) is 15.7. The number of pyridine rings is 2. The molecule has 3 aromatic rings. The smallest absolute Gasteiger partial charge is 0.248 e. The molecule has 0 spiro atoms. The number of nitrogens with one attached hydrogen (secondary N) is 2. The van der Waals surface area contributed by atoms with Crippen LogP contribution in [0.4, 0.5) is 0 Å². The van der Waals surface area contributed by atoms with Gasteiger partial charge >= 0.3 is 0 Å². The number of hydrogen-bond acceptors (Lipinski definition) is 3. The number of rotatable bonds is 2. The van der Waals surface area contributed by atoms with Crippen molar-refractivity contribution in [1.82, 2.24) is 19.9 Å². The summed E-state index contributed by atoms with van der Waals surface area (Å²) in [5.74, 6) is 0.864. The Morgan fingerprint density at radius 1 is 1.14 bits per heavy atom. The number of aromatic amines is 2. The van der Waals surface area contributed by atoms with Crippen LogP contribution >= 0.6 is 0 Å².